The zero-order chi connectivity index (χ0) is 12.8. The van der Waals surface area contributed by atoms with Crippen LogP contribution in [0.2, 0.25) is 0 Å². The van der Waals surface area contributed by atoms with E-state index in [9.17, 15) is 4.79 Å². The Morgan fingerprint density at radius 2 is 2.33 bits per heavy atom. The molecule has 100 valence electrons. The predicted octanol–water partition coefficient (Wildman–Crippen LogP) is 1.48. The van der Waals surface area contributed by atoms with Crippen LogP contribution in [0.4, 0.5) is 0 Å². The zero-order valence-corrected chi connectivity index (χ0v) is 11.5. The Hall–Kier alpha value is -0.910. The van der Waals surface area contributed by atoms with Crippen LogP contribution in [0.3, 0.4) is 0 Å². The SMILES string of the molecule is COCC(=O)N1CCC(NCc2cccs2)CC1. The minimum atomic E-state index is 0.106. The fraction of sp³-hybridized carbons (Fsp3) is 0.615. The van der Waals surface area contributed by atoms with Crippen LogP contribution in [0.15, 0.2) is 17.5 Å². The number of piperidine rings is 1. The van der Waals surface area contributed by atoms with Gasteiger partial charge in [-0.2, -0.15) is 0 Å². The van der Waals surface area contributed by atoms with Gasteiger partial charge in [0.25, 0.3) is 0 Å². The predicted molar refractivity (Wildman–Crippen MR) is 72.6 cm³/mol. The van der Waals surface area contributed by atoms with E-state index in [0.717, 1.165) is 32.5 Å². The Kier molecular flexibility index (Phi) is 5.16. The molecule has 1 amide bonds. The molecule has 2 rings (SSSR count). The molecule has 0 atom stereocenters. The fourth-order valence-corrected chi connectivity index (χ4v) is 2.86. The highest BCUT2D eigenvalue weighted by molar-refractivity contribution is 7.09. The number of hydrogen-bond donors (Lipinski definition) is 1. The van der Waals surface area contributed by atoms with Crippen LogP contribution in [0.25, 0.3) is 0 Å². The van der Waals surface area contributed by atoms with Crippen molar-refractivity contribution in [1.82, 2.24) is 10.2 Å². The normalized spacial score (nSPS) is 17.1. The van der Waals surface area contributed by atoms with E-state index in [2.05, 4.69) is 22.8 Å². The van der Waals surface area contributed by atoms with Crippen molar-refractivity contribution in [2.24, 2.45) is 0 Å². The molecular weight excluding hydrogens is 248 g/mol. The summed E-state index contributed by atoms with van der Waals surface area (Å²) < 4.78 is 4.87. The average Bonchev–Trinajstić information content (AvgIpc) is 2.90. The second-order valence-corrected chi connectivity index (χ2v) is 5.58. The maximum Gasteiger partial charge on any atom is 0.248 e. The molecule has 0 saturated carbocycles. The maximum atomic E-state index is 11.6. The highest BCUT2D eigenvalue weighted by Gasteiger charge is 2.22. The largest absolute Gasteiger partial charge is 0.375 e. The first kappa shape index (κ1) is 13.5. The molecule has 4 nitrogen and oxygen atoms in total. The molecule has 1 aromatic rings. The van der Waals surface area contributed by atoms with Gasteiger partial charge in [-0.25, -0.2) is 0 Å². The lowest BCUT2D eigenvalue weighted by Gasteiger charge is -2.32. The van der Waals surface area contributed by atoms with E-state index in [1.165, 1.54) is 4.88 Å². The summed E-state index contributed by atoms with van der Waals surface area (Å²) in [5.41, 5.74) is 0. The Balaban J connectivity index is 1.68. The van der Waals surface area contributed by atoms with E-state index in [-0.39, 0.29) is 12.5 Å². The van der Waals surface area contributed by atoms with Crippen molar-refractivity contribution >= 4 is 17.2 Å². The topological polar surface area (TPSA) is 41.6 Å². The molecule has 0 bridgehead atoms. The molecule has 18 heavy (non-hydrogen) atoms. The van der Waals surface area contributed by atoms with Crippen LogP contribution < -0.4 is 5.32 Å². The summed E-state index contributed by atoms with van der Waals surface area (Å²) in [5, 5.41) is 5.66. The number of carbonyl (C=O) groups excluding carboxylic acids is 1. The van der Waals surface area contributed by atoms with Crippen LogP contribution in [-0.4, -0.2) is 43.7 Å². The minimum absolute atomic E-state index is 0.106. The molecule has 1 aromatic heterocycles. The molecule has 1 saturated heterocycles. The van der Waals surface area contributed by atoms with Crippen molar-refractivity contribution in [3.8, 4) is 0 Å². The number of thiophene rings is 1. The van der Waals surface area contributed by atoms with E-state index in [0.29, 0.717) is 6.04 Å². The summed E-state index contributed by atoms with van der Waals surface area (Å²) in [4.78, 5) is 14.9. The number of amides is 1. The first-order chi connectivity index (χ1) is 8.79. The third kappa shape index (κ3) is 3.80. The number of ether oxygens (including phenoxy) is 1. The molecule has 2 heterocycles. The highest BCUT2D eigenvalue weighted by atomic mass is 32.1. The van der Waals surface area contributed by atoms with Gasteiger partial charge in [-0.1, -0.05) is 6.07 Å². The van der Waals surface area contributed by atoms with E-state index < -0.39 is 0 Å². The van der Waals surface area contributed by atoms with Gasteiger partial charge in [-0.15, -0.1) is 11.3 Å². The van der Waals surface area contributed by atoms with Crippen LogP contribution in [0, 0.1) is 0 Å². The summed E-state index contributed by atoms with van der Waals surface area (Å²) in [7, 11) is 1.56. The number of nitrogens with zero attached hydrogens (tertiary/aromatic N) is 1. The molecular formula is C13H20N2O2S. The minimum Gasteiger partial charge on any atom is -0.375 e. The van der Waals surface area contributed by atoms with E-state index in [4.69, 9.17) is 4.74 Å². The lowest BCUT2D eigenvalue weighted by molar-refractivity contribution is -0.136. The molecule has 0 aromatic carbocycles. The third-order valence-electron chi connectivity index (χ3n) is 3.26. The fourth-order valence-electron chi connectivity index (χ4n) is 2.21. The van der Waals surface area contributed by atoms with Gasteiger partial charge in [-0.05, 0) is 24.3 Å². The number of likely N-dealkylation sites (tertiary alicyclic amines) is 1. The van der Waals surface area contributed by atoms with E-state index in [1.807, 2.05) is 4.90 Å². The van der Waals surface area contributed by atoms with Gasteiger partial charge >= 0.3 is 0 Å². The summed E-state index contributed by atoms with van der Waals surface area (Å²) in [5.74, 6) is 0.106. The maximum absolute atomic E-state index is 11.6. The van der Waals surface area contributed by atoms with Crippen molar-refractivity contribution in [1.29, 1.82) is 0 Å². The molecule has 1 fully saturated rings. The molecule has 1 aliphatic rings. The van der Waals surface area contributed by atoms with Crippen molar-refractivity contribution in [2.75, 3.05) is 26.8 Å². The smallest absolute Gasteiger partial charge is 0.248 e. The van der Waals surface area contributed by atoms with Crippen LogP contribution in [0.1, 0.15) is 17.7 Å². The third-order valence-corrected chi connectivity index (χ3v) is 4.14. The molecule has 1 N–H and O–H groups in total. The zero-order valence-electron chi connectivity index (χ0n) is 10.7. The van der Waals surface area contributed by atoms with Gasteiger partial charge in [0.05, 0.1) is 0 Å². The van der Waals surface area contributed by atoms with Gasteiger partial charge < -0.3 is 15.0 Å². The quantitative estimate of drug-likeness (QED) is 0.879. The monoisotopic (exact) mass is 268 g/mol. The number of carbonyl (C=O) groups is 1. The summed E-state index contributed by atoms with van der Waals surface area (Å²) in [6.07, 6.45) is 2.06. The van der Waals surface area contributed by atoms with Crippen LogP contribution in [0.5, 0.6) is 0 Å². The van der Waals surface area contributed by atoms with Gasteiger partial charge in [0.1, 0.15) is 6.61 Å². The Labute approximate surface area is 112 Å². The number of rotatable bonds is 5. The molecule has 0 spiro atoms. The van der Waals surface area contributed by atoms with Crippen molar-refractivity contribution in [3.63, 3.8) is 0 Å². The second kappa shape index (κ2) is 6.87. The molecule has 0 radical (unpaired) electrons. The summed E-state index contributed by atoms with van der Waals surface area (Å²) in [6, 6.07) is 4.75. The summed E-state index contributed by atoms with van der Waals surface area (Å²) >= 11 is 1.78. The Morgan fingerprint density at radius 3 is 2.94 bits per heavy atom. The Bertz CT molecular complexity index is 359. The van der Waals surface area contributed by atoms with Crippen molar-refractivity contribution in [2.45, 2.75) is 25.4 Å². The van der Waals surface area contributed by atoms with Crippen LogP contribution >= 0.6 is 11.3 Å². The molecule has 1 aliphatic heterocycles. The second-order valence-electron chi connectivity index (χ2n) is 4.55. The average molecular weight is 268 g/mol. The van der Waals surface area contributed by atoms with Gasteiger partial charge in [0.2, 0.25) is 5.91 Å². The first-order valence-electron chi connectivity index (χ1n) is 6.32. The Morgan fingerprint density at radius 1 is 1.56 bits per heavy atom. The van der Waals surface area contributed by atoms with Gasteiger partial charge in [-0.3, -0.25) is 4.79 Å². The number of nitrogens with one attached hydrogen (secondary N) is 1. The van der Waals surface area contributed by atoms with Crippen molar-refractivity contribution in [3.05, 3.63) is 22.4 Å². The van der Waals surface area contributed by atoms with Crippen LogP contribution in [-0.2, 0) is 16.1 Å². The lowest BCUT2D eigenvalue weighted by Crippen LogP contribution is -2.45. The molecule has 5 heteroatoms. The first-order valence-corrected chi connectivity index (χ1v) is 7.20. The summed E-state index contributed by atoms with van der Waals surface area (Å²) in [6.45, 7) is 2.82. The highest BCUT2D eigenvalue weighted by Crippen LogP contribution is 2.13. The van der Waals surface area contributed by atoms with Gasteiger partial charge in [0.15, 0.2) is 0 Å². The van der Waals surface area contributed by atoms with E-state index >= 15 is 0 Å². The number of hydrogen-bond acceptors (Lipinski definition) is 4. The number of methoxy groups -OCH3 is 1. The van der Waals surface area contributed by atoms with Gasteiger partial charge in [0, 0.05) is 37.7 Å². The van der Waals surface area contributed by atoms with Crippen molar-refractivity contribution < 1.29 is 9.53 Å². The standard InChI is InChI=1S/C13H20N2O2S/c1-17-10-13(16)15-6-4-11(5-7-15)14-9-12-3-2-8-18-12/h2-3,8,11,14H,4-7,9-10H2,1H3. The lowest BCUT2D eigenvalue weighted by atomic mass is 10.1. The van der Waals surface area contributed by atoms with E-state index in [1.54, 1.807) is 18.4 Å². The molecule has 0 unspecified atom stereocenters. The molecule has 0 aliphatic carbocycles.